The fourth-order valence-corrected chi connectivity index (χ4v) is 2.24. The van der Waals surface area contributed by atoms with E-state index < -0.39 is 0 Å². The smallest absolute Gasteiger partial charge is 0.159 e. The van der Waals surface area contributed by atoms with Gasteiger partial charge in [-0.15, -0.1) is 0 Å². The number of pyridine rings is 1. The molecule has 0 bridgehead atoms. The number of benzene rings is 1. The van der Waals surface area contributed by atoms with Gasteiger partial charge in [0, 0.05) is 30.4 Å². The van der Waals surface area contributed by atoms with Crippen molar-refractivity contribution in [2.75, 3.05) is 14.2 Å². The molecule has 1 aromatic heterocycles. The van der Waals surface area contributed by atoms with E-state index in [2.05, 4.69) is 9.88 Å². The average Bonchev–Trinajstić information content (AvgIpc) is 2.48. The Bertz CT molecular complexity index is 611. The summed E-state index contributed by atoms with van der Waals surface area (Å²) >= 11 is 0. The van der Waals surface area contributed by atoms with Crippen molar-refractivity contribution in [2.45, 2.75) is 20.0 Å². The van der Waals surface area contributed by atoms with Gasteiger partial charge in [0.05, 0.1) is 12.8 Å². The first kappa shape index (κ1) is 15.2. The maximum absolute atomic E-state index is 11.5. The van der Waals surface area contributed by atoms with Crippen LogP contribution in [0.4, 0.5) is 0 Å². The number of nitrogens with zero attached hydrogens (tertiary/aromatic N) is 2. The molecule has 0 N–H and O–H groups in total. The maximum Gasteiger partial charge on any atom is 0.159 e. The second-order valence-corrected chi connectivity index (χ2v) is 5.08. The molecule has 21 heavy (non-hydrogen) atoms. The molecule has 2 rings (SSSR count). The summed E-state index contributed by atoms with van der Waals surface area (Å²) < 4.78 is 5.38. The van der Waals surface area contributed by atoms with Crippen molar-refractivity contribution < 1.29 is 9.53 Å². The Labute approximate surface area is 125 Å². The van der Waals surface area contributed by atoms with Crippen molar-refractivity contribution >= 4 is 5.78 Å². The van der Waals surface area contributed by atoms with Gasteiger partial charge in [-0.3, -0.25) is 14.7 Å². The summed E-state index contributed by atoms with van der Waals surface area (Å²) in [5, 5.41) is 0. The normalized spacial score (nSPS) is 10.7. The summed E-state index contributed by atoms with van der Waals surface area (Å²) in [5.74, 6) is 0.860. The Morgan fingerprint density at radius 3 is 2.67 bits per heavy atom. The molecule has 0 saturated heterocycles. The summed E-state index contributed by atoms with van der Waals surface area (Å²) in [4.78, 5) is 18.0. The van der Waals surface area contributed by atoms with Crippen molar-refractivity contribution in [3.05, 3.63) is 59.4 Å². The predicted molar refractivity (Wildman–Crippen MR) is 82.4 cm³/mol. The number of carbonyl (C=O) groups is 1. The monoisotopic (exact) mass is 284 g/mol. The number of ketones is 1. The van der Waals surface area contributed by atoms with E-state index >= 15 is 0 Å². The van der Waals surface area contributed by atoms with Gasteiger partial charge in [0.25, 0.3) is 0 Å². The van der Waals surface area contributed by atoms with E-state index in [1.165, 1.54) is 0 Å². The van der Waals surface area contributed by atoms with Crippen molar-refractivity contribution in [2.24, 2.45) is 0 Å². The molecule has 110 valence electrons. The highest BCUT2D eigenvalue weighted by Gasteiger charge is 2.10. The third-order valence-corrected chi connectivity index (χ3v) is 3.29. The third kappa shape index (κ3) is 4.13. The zero-order chi connectivity index (χ0) is 15.2. The minimum absolute atomic E-state index is 0.0614. The van der Waals surface area contributed by atoms with Gasteiger partial charge >= 0.3 is 0 Å². The van der Waals surface area contributed by atoms with E-state index in [0.717, 1.165) is 23.6 Å². The number of carbonyl (C=O) groups excluding carboxylic acids is 1. The minimum Gasteiger partial charge on any atom is -0.496 e. The number of hydrogen-bond donors (Lipinski definition) is 0. The molecule has 1 heterocycles. The standard InChI is InChI=1S/C17H20N2O2/c1-13(20)14-7-8-17(21-3)15(10-14)11-19(2)12-16-6-4-5-9-18-16/h4-10H,11-12H2,1-3H3. The molecule has 0 atom stereocenters. The molecule has 2 aromatic rings. The molecule has 0 radical (unpaired) electrons. The molecule has 0 amide bonds. The summed E-state index contributed by atoms with van der Waals surface area (Å²) in [5.41, 5.74) is 2.72. The number of rotatable bonds is 6. The molecule has 0 unspecified atom stereocenters. The lowest BCUT2D eigenvalue weighted by atomic mass is 10.1. The van der Waals surface area contributed by atoms with Crippen LogP contribution in [0.15, 0.2) is 42.6 Å². The lowest BCUT2D eigenvalue weighted by molar-refractivity contribution is 0.101. The van der Waals surface area contributed by atoms with Crippen molar-refractivity contribution in [3.8, 4) is 5.75 Å². The first-order valence-electron chi connectivity index (χ1n) is 6.86. The van der Waals surface area contributed by atoms with Crippen LogP contribution < -0.4 is 4.74 Å². The molecule has 0 aliphatic heterocycles. The highest BCUT2D eigenvalue weighted by Crippen LogP contribution is 2.22. The Balaban J connectivity index is 2.13. The van der Waals surface area contributed by atoms with Crippen LogP contribution in [0.1, 0.15) is 28.5 Å². The molecular formula is C17H20N2O2. The topological polar surface area (TPSA) is 42.4 Å². The summed E-state index contributed by atoms with van der Waals surface area (Å²) in [7, 11) is 3.67. The molecule has 0 saturated carbocycles. The van der Waals surface area contributed by atoms with Gasteiger partial charge < -0.3 is 4.74 Å². The van der Waals surface area contributed by atoms with E-state index in [9.17, 15) is 4.79 Å². The fourth-order valence-electron chi connectivity index (χ4n) is 2.24. The number of methoxy groups -OCH3 is 1. The molecule has 1 aromatic carbocycles. The maximum atomic E-state index is 11.5. The molecule has 0 aliphatic rings. The average molecular weight is 284 g/mol. The molecule has 0 spiro atoms. The van der Waals surface area contributed by atoms with Crippen molar-refractivity contribution in [3.63, 3.8) is 0 Å². The zero-order valence-electron chi connectivity index (χ0n) is 12.7. The number of Topliss-reactive ketones (excluding diaryl/α,β-unsaturated/α-hetero) is 1. The van der Waals surface area contributed by atoms with E-state index in [-0.39, 0.29) is 5.78 Å². The van der Waals surface area contributed by atoms with Crippen LogP contribution in [0.5, 0.6) is 5.75 Å². The Morgan fingerprint density at radius 2 is 2.05 bits per heavy atom. The minimum atomic E-state index is 0.0614. The quantitative estimate of drug-likeness (QED) is 0.765. The van der Waals surface area contributed by atoms with Gasteiger partial charge in [0.15, 0.2) is 5.78 Å². The Kier molecular flexibility index (Phi) is 5.06. The lowest BCUT2D eigenvalue weighted by Gasteiger charge is -2.18. The number of hydrogen-bond acceptors (Lipinski definition) is 4. The van der Waals surface area contributed by atoms with E-state index in [1.54, 1.807) is 26.3 Å². The highest BCUT2D eigenvalue weighted by molar-refractivity contribution is 5.94. The number of ether oxygens (including phenoxy) is 1. The van der Waals surface area contributed by atoms with E-state index in [1.807, 2.05) is 37.4 Å². The van der Waals surface area contributed by atoms with Crippen LogP contribution in [0.25, 0.3) is 0 Å². The molecular weight excluding hydrogens is 264 g/mol. The summed E-state index contributed by atoms with van der Waals surface area (Å²) in [6.45, 7) is 3.01. The van der Waals surface area contributed by atoms with Crippen LogP contribution in [-0.2, 0) is 13.1 Å². The van der Waals surface area contributed by atoms with Crippen LogP contribution in [0.2, 0.25) is 0 Å². The molecule has 4 heteroatoms. The predicted octanol–water partition coefficient (Wildman–Crippen LogP) is 2.92. The second kappa shape index (κ2) is 6.99. The molecule has 0 aliphatic carbocycles. The molecule has 4 nitrogen and oxygen atoms in total. The van der Waals surface area contributed by atoms with Crippen LogP contribution in [0.3, 0.4) is 0 Å². The van der Waals surface area contributed by atoms with Gasteiger partial charge in [-0.2, -0.15) is 0 Å². The van der Waals surface area contributed by atoms with Crippen LogP contribution in [-0.4, -0.2) is 29.8 Å². The van der Waals surface area contributed by atoms with Gasteiger partial charge in [0.1, 0.15) is 5.75 Å². The summed E-state index contributed by atoms with van der Waals surface area (Å²) in [6.07, 6.45) is 1.79. The first-order valence-corrected chi connectivity index (χ1v) is 6.86. The second-order valence-electron chi connectivity index (χ2n) is 5.08. The van der Waals surface area contributed by atoms with E-state index in [4.69, 9.17) is 4.74 Å². The lowest BCUT2D eigenvalue weighted by Crippen LogP contribution is -2.18. The third-order valence-electron chi connectivity index (χ3n) is 3.29. The first-order chi connectivity index (χ1) is 10.1. The van der Waals surface area contributed by atoms with Crippen molar-refractivity contribution in [1.82, 2.24) is 9.88 Å². The Morgan fingerprint density at radius 1 is 1.24 bits per heavy atom. The van der Waals surface area contributed by atoms with Gasteiger partial charge in [-0.25, -0.2) is 0 Å². The van der Waals surface area contributed by atoms with Crippen LogP contribution >= 0.6 is 0 Å². The van der Waals surface area contributed by atoms with Gasteiger partial charge in [0.2, 0.25) is 0 Å². The number of aromatic nitrogens is 1. The SMILES string of the molecule is COc1ccc(C(C)=O)cc1CN(C)Cc1ccccn1. The Hall–Kier alpha value is -2.20. The molecule has 0 fully saturated rings. The zero-order valence-corrected chi connectivity index (χ0v) is 12.7. The van der Waals surface area contributed by atoms with E-state index in [0.29, 0.717) is 12.1 Å². The summed E-state index contributed by atoms with van der Waals surface area (Å²) in [6, 6.07) is 11.4. The van der Waals surface area contributed by atoms with Gasteiger partial charge in [-0.1, -0.05) is 6.07 Å². The van der Waals surface area contributed by atoms with Crippen LogP contribution in [0, 0.1) is 0 Å². The highest BCUT2D eigenvalue weighted by atomic mass is 16.5. The van der Waals surface area contributed by atoms with Crippen molar-refractivity contribution in [1.29, 1.82) is 0 Å². The van der Waals surface area contributed by atoms with Gasteiger partial charge in [-0.05, 0) is 44.3 Å². The fraction of sp³-hybridized carbons (Fsp3) is 0.294. The largest absolute Gasteiger partial charge is 0.496 e.